The second-order valence-electron chi connectivity index (χ2n) is 9.66. The third-order valence-electron chi connectivity index (χ3n) is 6.25. The van der Waals surface area contributed by atoms with E-state index in [1.165, 1.54) is 22.8 Å². The van der Waals surface area contributed by atoms with E-state index in [4.69, 9.17) is 4.43 Å². The van der Waals surface area contributed by atoms with Crippen LogP contribution in [0.1, 0.15) is 27.7 Å². The summed E-state index contributed by atoms with van der Waals surface area (Å²) in [6, 6.07) is 22.4. The van der Waals surface area contributed by atoms with Crippen LogP contribution in [-0.4, -0.2) is 39.1 Å². The molecule has 2 atom stereocenters. The van der Waals surface area contributed by atoms with Crippen LogP contribution in [0.15, 0.2) is 96.9 Å². The molecule has 0 aliphatic heterocycles. The van der Waals surface area contributed by atoms with E-state index in [0.717, 1.165) is 0 Å². The Morgan fingerprint density at radius 1 is 0.941 bits per heavy atom. The van der Waals surface area contributed by atoms with Crippen molar-refractivity contribution in [2.75, 3.05) is 12.4 Å². The molecule has 0 unspecified atom stereocenters. The molecule has 5 nitrogen and oxygen atoms in total. The third kappa shape index (κ3) is 5.54. The van der Waals surface area contributed by atoms with Crippen molar-refractivity contribution in [3.8, 4) is 0 Å². The van der Waals surface area contributed by atoms with Gasteiger partial charge in [0, 0.05) is 24.9 Å². The monoisotopic (exact) mass is 494 g/mol. The zero-order valence-corrected chi connectivity index (χ0v) is 22.2. The number of aromatic nitrogens is 2. The van der Waals surface area contributed by atoms with Crippen LogP contribution in [0.5, 0.6) is 0 Å². The molecule has 0 radical (unpaired) electrons. The van der Waals surface area contributed by atoms with Crippen molar-refractivity contribution in [3.05, 3.63) is 91.8 Å². The van der Waals surface area contributed by atoms with Crippen LogP contribution < -0.4 is 10.4 Å². The molecule has 0 saturated carbocycles. The number of nitrogens with zero attached hydrogens (tertiary/aromatic N) is 2. The van der Waals surface area contributed by atoms with Crippen molar-refractivity contribution in [2.45, 2.75) is 37.9 Å². The van der Waals surface area contributed by atoms with Crippen LogP contribution in [0.2, 0.25) is 5.04 Å². The van der Waals surface area contributed by atoms with Crippen molar-refractivity contribution >= 4 is 28.5 Å². The SMILES string of the molecule is C=C[C@H](CO[Si](c1ccccc1)(c1ccccc1)C(C)(C)C)[C@H](C)CS(=O)(=O)c1ncccn1. The van der Waals surface area contributed by atoms with E-state index in [0.29, 0.717) is 6.61 Å². The first-order valence-corrected chi connectivity index (χ1v) is 15.0. The second kappa shape index (κ2) is 10.8. The molecule has 0 fully saturated rings. The van der Waals surface area contributed by atoms with Gasteiger partial charge in [0.15, 0.2) is 0 Å². The molecule has 0 aliphatic rings. The average molecular weight is 495 g/mol. The molecule has 3 aromatic rings. The Balaban J connectivity index is 1.93. The zero-order chi connectivity index (χ0) is 24.8. The zero-order valence-electron chi connectivity index (χ0n) is 20.4. The largest absolute Gasteiger partial charge is 0.407 e. The Hall–Kier alpha value is -2.61. The Morgan fingerprint density at radius 3 is 1.88 bits per heavy atom. The van der Waals surface area contributed by atoms with Gasteiger partial charge in [-0.05, 0) is 27.4 Å². The minimum atomic E-state index is -3.62. The molecule has 0 aliphatic carbocycles. The maximum atomic E-state index is 12.9. The fraction of sp³-hybridized carbons (Fsp3) is 0.333. The van der Waals surface area contributed by atoms with Gasteiger partial charge in [0.25, 0.3) is 8.32 Å². The summed E-state index contributed by atoms with van der Waals surface area (Å²) >= 11 is 0. The quantitative estimate of drug-likeness (QED) is 0.239. The van der Waals surface area contributed by atoms with Crippen LogP contribution in [-0.2, 0) is 14.3 Å². The minimum Gasteiger partial charge on any atom is -0.407 e. The van der Waals surface area contributed by atoms with Gasteiger partial charge in [-0.2, -0.15) is 0 Å². The first-order chi connectivity index (χ1) is 16.1. The maximum Gasteiger partial charge on any atom is 0.261 e. The molecule has 180 valence electrons. The second-order valence-corrected chi connectivity index (χ2v) is 15.9. The lowest BCUT2D eigenvalue weighted by Gasteiger charge is -2.44. The van der Waals surface area contributed by atoms with Gasteiger partial charge in [-0.3, -0.25) is 0 Å². The lowest BCUT2D eigenvalue weighted by atomic mass is 9.97. The fourth-order valence-corrected chi connectivity index (χ4v) is 10.6. The van der Waals surface area contributed by atoms with Gasteiger partial charge >= 0.3 is 0 Å². The predicted molar refractivity (Wildman–Crippen MR) is 141 cm³/mol. The Kier molecular flexibility index (Phi) is 8.23. The molecule has 0 saturated heterocycles. The molecule has 0 spiro atoms. The highest BCUT2D eigenvalue weighted by Crippen LogP contribution is 2.37. The summed E-state index contributed by atoms with van der Waals surface area (Å²) in [5, 5.41) is 2.08. The summed E-state index contributed by atoms with van der Waals surface area (Å²) in [5.74, 6) is -0.442. The van der Waals surface area contributed by atoms with Gasteiger partial charge in [-0.1, -0.05) is 94.4 Å². The van der Waals surface area contributed by atoms with Crippen molar-refractivity contribution < 1.29 is 12.8 Å². The van der Waals surface area contributed by atoms with E-state index in [1.807, 2.05) is 25.1 Å². The average Bonchev–Trinajstić information content (AvgIpc) is 2.82. The smallest absolute Gasteiger partial charge is 0.261 e. The summed E-state index contributed by atoms with van der Waals surface area (Å²) in [6.07, 6.45) is 4.70. The fourth-order valence-electron chi connectivity index (χ4n) is 4.44. The maximum absolute atomic E-state index is 12.9. The molecule has 0 bridgehead atoms. The molecule has 1 aromatic heterocycles. The van der Waals surface area contributed by atoms with Crippen molar-refractivity contribution in [1.82, 2.24) is 9.97 Å². The summed E-state index contributed by atoms with van der Waals surface area (Å²) in [4.78, 5) is 7.87. The van der Waals surface area contributed by atoms with E-state index in [-0.39, 0.29) is 27.8 Å². The summed E-state index contributed by atoms with van der Waals surface area (Å²) in [7, 11) is -6.33. The summed E-state index contributed by atoms with van der Waals surface area (Å²) < 4.78 is 32.8. The van der Waals surface area contributed by atoms with E-state index in [9.17, 15) is 8.42 Å². The molecule has 1 heterocycles. The summed E-state index contributed by atoms with van der Waals surface area (Å²) in [6.45, 7) is 13.0. The van der Waals surface area contributed by atoms with Gasteiger partial charge in [-0.25, -0.2) is 18.4 Å². The minimum absolute atomic E-state index is 0.0716. The predicted octanol–water partition coefficient (Wildman–Crippen LogP) is 4.27. The number of sulfone groups is 1. The molecular formula is C27H34N2O3SSi. The highest BCUT2D eigenvalue weighted by Gasteiger charge is 2.50. The van der Waals surface area contributed by atoms with Gasteiger partial charge in [0.2, 0.25) is 15.0 Å². The molecule has 34 heavy (non-hydrogen) atoms. The molecule has 3 rings (SSSR count). The van der Waals surface area contributed by atoms with Gasteiger partial charge in [0.05, 0.1) is 5.75 Å². The van der Waals surface area contributed by atoms with E-state index in [1.54, 1.807) is 6.07 Å². The van der Waals surface area contributed by atoms with Crippen LogP contribution in [0.4, 0.5) is 0 Å². The first-order valence-electron chi connectivity index (χ1n) is 11.5. The van der Waals surface area contributed by atoms with E-state index in [2.05, 4.69) is 85.8 Å². The van der Waals surface area contributed by atoms with Gasteiger partial charge in [-0.15, -0.1) is 6.58 Å². The highest BCUT2D eigenvalue weighted by atomic mass is 32.2. The van der Waals surface area contributed by atoms with Crippen LogP contribution >= 0.6 is 0 Å². The highest BCUT2D eigenvalue weighted by molar-refractivity contribution is 7.91. The number of benzene rings is 2. The van der Waals surface area contributed by atoms with Gasteiger partial charge < -0.3 is 4.43 Å². The van der Waals surface area contributed by atoms with Crippen LogP contribution in [0.25, 0.3) is 0 Å². The van der Waals surface area contributed by atoms with E-state index < -0.39 is 18.2 Å². The number of rotatable bonds is 10. The lowest BCUT2D eigenvalue weighted by Crippen LogP contribution is -2.67. The van der Waals surface area contributed by atoms with E-state index >= 15 is 0 Å². The Bertz CT molecular complexity index is 1130. The molecule has 2 aromatic carbocycles. The third-order valence-corrected chi connectivity index (χ3v) is 13.0. The van der Waals surface area contributed by atoms with Crippen LogP contribution in [0, 0.1) is 11.8 Å². The molecule has 0 N–H and O–H groups in total. The number of hydrogen-bond donors (Lipinski definition) is 0. The Morgan fingerprint density at radius 2 is 1.44 bits per heavy atom. The normalized spacial score (nSPS) is 14.4. The topological polar surface area (TPSA) is 69.2 Å². The number of hydrogen-bond acceptors (Lipinski definition) is 5. The Labute approximate surface area is 205 Å². The van der Waals surface area contributed by atoms with Crippen LogP contribution in [0.3, 0.4) is 0 Å². The molecular weight excluding hydrogens is 460 g/mol. The standard InChI is InChI=1S/C27H34N2O3SSi/c1-6-23(22(2)21-33(30,31)26-28-18-13-19-29-26)20-32-34(27(3,4)5,24-14-9-7-10-15-24)25-16-11-8-12-17-25/h6-19,22-23H,1,20-21H2,2-5H3/t22-,23-/m1/s1. The van der Waals surface area contributed by atoms with Crippen molar-refractivity contribution in [1.29, 1.82) is 0 Å². The van der Waals surface area contributed by atoms with Crippen molar-refractivity contribution in [3.63, 3.8) is 0 Å². The lowest BCUT2D eigenvalue weighted by molar-refractivity contribution is 0.230. The summed E-state index contributed by atoms with van der Waals surface area (Å²) in [5.41, 5.74) is 0. The molecule has 0 amide bonds. The van der Waals surface area contributed by atoms with Gasteiger partial charge in [0.1, 0.15) is 0 Å². The van der Waals surface area contributed by atoms with Crippen molar-refractivity contribution in [2.24, 2.45) is 11.8 Å². The first kappa shape index (κ1) is 26.0. The molecule has 7 heteroatoms.